The lowest BCUT2D eigenvalue weighted by atomic mass is 10.3. The van der Waals surface area contributed by atoms with E-state index in [1.165, 1.54) is 25.7 Å². The van der Waals surface area contributed by atoms with E-state index in [0.29, 0.717) is 40.9 Å². The SMILES string of the molecule is CNc1nc(NCCOC2CCCC2)c(Cl)cc1Cl. The Morgan fingerprint density at radius 2 is 1.95 bits per heavy atom. The molecular weight excluding hydrogens is 285 g/mol. The second kappa shape index (κ2) is 7.17. The molecule has 4 nitrogen and oxygen atoms in total. The molecule has 1 saturated carbocycles. The van der Waals surface area contributed by atoms with Crippen LogP contribution < -0.4 is 10.6 Å². The highest BCUT2D eigenvalue weighted by Gasteiger charge is 2.15. The Hall–Kier alpha value is -0.710. The minimum atomic E-state index is 0.434. The van der Waals surface area contributed by atoms with Crippen molar-refractivity contribution in [2.75, 3.05) is 30.8 Å². The number of hydrogen-bond donors (Lipinski definition) is 2. The quantitative estimate of drug-likeness (QED) is 0.785. The molecule has 0 radical (unpaired) electrons. The Balaban J connectivity index is 1.81. The summed E-state index contributed by atoms with van der Waals surface area (Å²) in [6, 6.07) is 1.68. The van der Waals surface area contributed by atoms with Crippen LogP contribution in [0.3, 0.4) is 0 Å². The van der Waals surface area contributed by atoms with Crippen LogP contribution >= 0.6 is 23.2 Å². The zero-order valence-electron chi connectivity index (χ0n) is 11.0. The lowest BCUT2D eigenvalue weighted by Gasteiger charge is -2.13. The first-order valence-electron chi connectivity index (χ1n) is 6.60. The molecule has 0 unspecified atom stereocenters. The van der Waals surface area contributed by atoms with Crippen LogP contribution in [0.25, 0.3) is 0 Å². The maximum absolute atomic E-state index is 6.09. The maximum Gasteiger partial charge on any atom is 0.147 e. The summed E-state index contributed by atoms with van der Waals surface area (Å²) in [5, 5.41) is 7.13. The zero-order valence-corrected chi connectivity index (χ0v) is 12.5. The smallest absolute Gasteiger partial charge is 0.147 e. The third kappa shape index (κ3) is 4.13. The van der Waals surface area contributed by atoms with E-state index in [1.54, 1.807) is 13.1 Å². The van der Waals surface area contributed by atoms with Crippen molar-refractivity contribution in [3.63, 3.8) is 0 Å². The fourth-order valence-corrected chi connectivity index (χ4v) is 2.74. The van der Waals surface area contributed by atoms with Gasteiger partial charge >= 0.3 is 0 Å². The van der Waals surface area contributed by atoms with Crippen LogP contribution in [0.4, 0.5) is 11.6 Å². The lowest BCUT2D eigenvalue weighted by Crippen LogP contribution is -2.16. The van der Waals surface area contributed by atoms with E-state index in [9.17, 15) is 0 Å². The van der Waals surface area contributed by atoms with Gasteiger partial charge < -0.3 is 15.4 Å². The van der Waals surface area contributed by atoms with Crippen molar-refractivity contribution in [1.29, 1.82) is 0 Å². The summed E-state index contributed by atoms with van der Waals surface area (Å²) in [5.74, 6) is 1.25. The molecule has 1 heterocycles. The molecule has 0 aromatic carbocycles. The van der Waals surface area contributed by atoms with Crippen molar-refractivity contribution >= 4 is 34.8 Å². The third-order valence-electron chi connectivity index (χ3n) is 3.22. The lowest BCUT2D eigenvalue weighted by molar-refractivity contribution is 0.0659. The molecule has 2 rings (SSSR count). The molecule has 0 spiro atoms. The minimum absolute atomic E-state index is 0.434. The number of ether oxygens (including phenoxy) is 1. The first-order valence-corrected chi connectivity index (χ1v) is 7.35. The van der Waals surface area contributed by atoms with Gasteiger partial charge in [-0.05, 0) is 18.9 Å². The van der Waals surface area contributed by atoms with Gasteiger partial charge in [-0.1, -0.05) is 36.0 Å². The van der Waals surface area contributed by atoms with Gasteiger partial charge in [-0.15, -0.1) is 0 Å². The first kappa shape index (κ1) is 14.7. The van der Waals surface area contributed by atoms with E-state index in [-0.39, 0.29) is 0 Å². The number of aromatic nitrogens is 1. The average molecular weight is 304 g/mol. The van der Waals surface area contributed by atoms with Crippen molar-refractivity contribution in [2.45, 2.75) is 31.8 Å². The van der Waals surface area contributed by atoms with Crippen molar-refractivity contribution in [2.24, 2.45) is 0 Å². The monoisotopic (exact) mass is 303 g/mol. The van der Waals surface area contributed by atoms with Crippen LogP contribution in [-0.2, 0) is 4.74 Å². The Kier molecular flexibility index (Phi) is 5.55. The van der Waals surface area contributed by atoms with Crippen molar-refractivity contribution < 1.29 is 4.74 Å². The van der Waals surface area contributed by atoms with E-state index in [4.69, 9.17) is 27.9 Å². The summed E-state index contributed by atoms with van der Waals surface area (Å²) in [6.45, 7) is 1.36. The van der Waals surface area contributed by atoms with Gasteiger partial charge in [0.1, 0.15) is 11.6 Å². The second-order valence-electron chi connectivity index (χ2n) is 4.60. The van der Waals surface area contributed by atoms with Gasteiger partial charge in [0, 0.05) is 13.6 Å². The van der Waals surface area contributed by atoms with Crippen molar-refractivity contribution in [3.05, 3.63) is 16.1 Å². The number of nitrogens with one attached hydrogen (secondary N) is 2. The summed E-state index contributed by atoms with van der Waals surface area (Å²) < 4.78 is 5.77. The maximum atomic E-state index is 6.09. The van der Waals surface area contributed by atoms with Crippen LogP contribution in [0.2, 0.25) is 10.0 Å². The fraction of sp³-hybridized carbons (Fsp3) is 0.615. The van der Waals surface area contributed by atoms with E-state index in [1.807, 2.05) is 0 Å². The number of hydrogen-bond acceptors (Lipinski definition) is 4. The highest BCUT2D eigenvalue weighted by molar-refractivity contribution is 6.37. The van der Waals surface area contributed by atoms with E-state index >= 15 is 0 Å². The van der Waals surface area contributed by atoms with Gasteiger partial charge in [0.2, 0.25) is 0 Å². The van der Waals surface area contributed by atoms with Gasteiger partial charge in [-0.3, -0.25) is 0 Å². The molecule has 0 saturated heterocycles. The summed E-state index contributed by atoms with van der Waals surface area (Å²) in [7, 11) is 1.77. The molecule has 19 heavy (non-hydrogen) atoms. The fourth-order valence-electron chi connectivity index (χ4n) is 2.22. The topological polar surface area (TPSA) is 46.2 Å². The molecule has 1 aliphatic carbocycles. The van der Waals surface area contributed by atoms with Crippen LogP contribution in [0.15, 0.2) is 6.07 Å². The van der Waals surface area contributed by atoms with Gasteiger partial charge in [-0.25, -0.2) is 4.98 Å². The van der Waals surface area contributed by atoms with Crippen LogP contribution in [0.5, 0.6) is 0 Å². The summed E-state index contributed by atoms with van der Waals surface area (Å²) in [6.07, 6.45) is 5.37. The third-order valence-corrected chi connectivity index (χ3v) is 3.79. The van der Waals surface area contributed by atoms with E-state index < -0.39 is 0 Å². The summed E-state index contributed by atoms with van der Waals surface area (Å²) in [5.41, 5.74) is 0. The Labute approximate surface area is 123 Å². The molecule has 6 heteroatoms. The van der Waals surface area contributed by atoms with Gasteiger partial charge in [-0.2, -0.15) is 0 Å². The largest absolute Gasteiger partial charge is 0.376 e. The Bertz CT molecular complexity index is 423. The number of nitrogens with zero attached hydrogens (tertiary/aromatic N) is 1. The Morgan fingerprint density at radius 1 is 1.26 bits per heavy atom. The normalized spacial score (nSPS) is 15.7. The van der Waals surface area contributed by atoms with Crippen molar-refractivity contribution in [3.8, 4) is 0 Å². The van der Waals surface area contributed by atoms with Crippen LogP contribution in [-0.4, -0.2) is 31.3 Å². The number of halogens is 2. The molecule has 0 amide bonds. The molecule has 106 valence electrons. The van der Waals surface area contributed by atoms with Gasteiger partial charge in [0.05, 0.1) is 22.8 Å². The predicted molar refractivity (Wildman–Crippen MR) is 80.5 cm³/mol. The first-order chi connectivity index (χ1) is 9.20. The molecule has 1 aromatic rings. The number of rotatable bonds is 6. The van der Waals surface area contributed by atoms with E-state index in [0.717, 1.165) is 0 Å². The molecule has 1 aliphatic rings. The highest BCUT2D eigenvalue weighted by Crippen LogP contribution is 2.28. The number of anilines is 2. The van der Waals surface area contributed by atoms with Gasteiger partial charge in [0.25, 0.3) is 0 Å². The molecular formula is C13H19Cl2N3O. The minimum Gasteiger partial charge on any atom is -0.376 e. The van der Waals surface area contributed by atoms with E-state index in [2.05, 4.69) is 15.6 Å². The standard InChI is InChI=1S/C13H19Cl2N3O/c1-16-12-10(14)8-11(15)13(18-12)17-6-7-19-9-4-2-3-5-9/h8-9H,2-7H2,1H3,(H2,16,17,18). The summed E-state index contributed by atoms with van der Waals surface area (Å²) >= 11 is 12.1. The van der Waals surface area contributed by atoms with Crippen LogP contribution in [0.1, 0.15) is 25.7 Å². The zero-order chi connectivity index (χ0) is 13.7. The molecule has 0 atom stereocenters. The van der Waals surface area contributed by atoms with Crippen molar-refractivity contribution in [1.82, 2.24) is 4.98 Å². The molecule has 2 N–H and O–H groups in total. The number of pyridine rings is 1. The van der Waals surface area contributed by atoms with Gasteiger partial charge in [0.15, 0.2) is 0 Å². The molecule has 1 fully saturated rings. The predicted octanol–water partition coefficient (Wildman–Crippen LogP) is 3.80. The molecule has 1 aromatic heterocycles. The molecule has 0 aliphatic heterocycles. The second-order valence-corrected chi connectivity index (χ2v) is 5.42. The highest BCUT2D eigenvalue weighted by atomic mass is 35.5. The Morgan fingerprint density at radius 3 is 2.63 bits per heavy atom. The summed E-state index contributed by atoms with van der Waals surface area (Å²) in [4.78, 5) is 4.32. The molecule has 0 bridgehead atoms. The average Bonchev–Trinajstić information content (AvgIpc) is 2.90. The van der Waals surface area contributed by atoms with Crippen LogP contribution in [0, 0.1) is 0 Å².